The second-order valence-electron chi connectivity index (χ2n) is 3.99. The summed E-state index contributed by atoms with van der Waals surface area (Å²) in [5, 5.41) is 0. The van der Waals surface area contributed by atoms with Gasteiger partial charge in [0.1, 0.15) is 17.3 Å². The zero-order valence-corrected chi connectivity index (χ0v) is 11.0. The first kappa shape index (κ1) is 12.9. The van der Waals surface area contributed by atoms with Gasteiger partial charge in [-0.2, -0.15) is 4.98 Å². The van der Waals surface area contributed by atoms with Crippen molar-refractivity contribution in [3.05, 3.63) is 34.4 Å². The number of hydrogen-bond donors (Lipinski definition) is 2. The normalized spacial score (nSPS) is 10.3. The molecule has 100 valence electrons. The fourth-order valence-corrected chi connectivity index (χ4v) is 1.96. The first-order valence-corrected chi connectivity index (χ1v) is 5.65. The zero-order chi connectivity index (χ0) is 14.0. The van der Waals surface area contributed by atoms with Gasteiger partial charge in [-0.15, -0.1) is 0 Å². The average molecular weight is 261 g/mol. The van der Waals surface area contributed by atoms with E-state index in [-0.39, 0.29) is 5.82 Å². The number of benzene rings is 1. The average Bonchev–Trinajstić information content (AvgIpc) is 2.37. The highest BCUT2D eigenvalue weighted by atomic mass is 16.5. The molecule has 2 aromatic rings. The highest BCUT2D eigenvalue weighted by Gasteiger charge is 2.15. The molecule has 0 aliphatic carbocycles. The summed E-state index contributed by atoms with van der Waals surface area (Å²) >= 11 is 0. The van der Waals surface area contributed by atoms with E-state index in [1.54, 1.807) is 39.3 Å². The lowest BCUT2D eigenvalue weighted by Gasteiger charge is -2.13. The first-order chi connectivity index (χ1) is 9.06. The maximum atomic E-state index is 11.3. The monoisotopic (exact) mass is 261 g/mol. The number of nitrogens with two attached hydrogens (primary N) is 1. The number of anilines is 1. The summed E-state index contributed by atoms with van der Waals surface area (Å²) in [5.41, 5.74) is 7.36. The van der Waals surface area contributed by atoms with Gasteiger partial charge < -0.3 is 20.2 Å². The first-order valence-electron chi connectivity index (χ1n) is 5.65. The predicted molar refractivity (Wildman–Crippen MR) is 72.5 cm³/mol. The van der Waals surface area contributed by atoms with Crippen LogP contribution in [0.2, 0.25) is 0 Å². The van der Waals surface area contributed by atoms with Crippen molar-refractivity contribution < 1.29 is 9.47 Å². The van der Waals surface area contributed by atoms with Crippen LogP contribution in [0.25, 0.3) is 11.1 Å². The Balaban J connectivity index is 2.73. The number of aromatic amines is 1. The number of nitrogens with one attached hydrogen (secondary N) is 1. The molecule has 0 amide bonds. The van der Waals surface area contributed by atoms with E-state index in [1.165, 1.54) is 0 Å². The number of hydrogen-bond acceptors (Lipinski definition) is 5. The van der Waals surface area contributed by atoms with Gasteiger partial charge in [-0.05, 0) is 25.1 Å². The van der Waals surface area contributed by atoms with Crippen LogP contribution in [0.15, 0.2) is 23.0 Å². The highest BCUT2D eigenvalue weighted by molar-refractivity contribution is 5.81. The van der Waals surface area contributed by atoms with Crippen LogP contribution in [-0.2, 0) is 0 Å². The van der Waals surface area contributed by atoms with Gasteiger partial charge in [0.05, 0.1) is 14.2 Å². The van der Waals surface area contributed by atoms with Gasteiger partial charge >= 0.3 is 5.69 Å². The van der Waals surface area contributed by atoms with Crippen LogP contribution >= 0.6 is 0 Å². The van der Waals surface area contributed by atoms with Crippen molar-refractivity contribution in [1.82, 2.24) is 9.97 Å². The standard InChI is InChI=1S/C13H15N3O3/c1-7-11(12(14)16-13(17)15-7)9-6-8(18-2)4-5-10(9)19-3/h4-6H,1-3H3,(H3,14,15,16,17). The molecular weight excluding hydrogens is 246 g/mol. The number of nitrogens with zero attached hydrogens (tertiary/aromatic N) is 1. The number of aryl methyl sites for hydroxylation is 1. The van der Waals surface area contributed by atoms with Crippen LogP contribution in [0.4, 0.5) is 5.82 Å². The molecule has 2 rings (SSSR count). The fourth-order valence-electron chi connectivity index (χ4n) is 1.96. The van der Waals surface area contributed by atoms with Gasteiger partial charge in [0.2, 0.25) is 0 Å². The Morgan fingerprint density at radius 2 is 2.00 bits per heavy atom. The molecule has 0 aliphatic rings. The minimum Gasteiger partial charge on any atom is -0.497 e. The van der Waals surface area contributed by atoms with Crippen LogP contribution in [0.5, 0.6) is 11.5 Å². The van der Waals surface area contributed by atoms with Crippen LogP contribution in [0.3, 0.4) is 0 Å². The summed E-state index contributed by atoms with van der Waals surface area (Å²) in [6.07, 6.45) is 0. The smallest absolute Gasteiger partial charge is 0.347 e. The van der Waals surface area contributed by atoms with Gasteiger partial charge in [0, 0.05) is 16.8 Å². The highest BCUT2D eigenvalue weighted by Crippen LogP contribution is 2.36. The van der Waals surface area contributed by atoms with Crippen molar-refractivity contribution in [1.29, 1.82) is 0 Å². The fraction of sp³-hybridized carbons (Fsp3) is 0.231. The van der Waals surface area contributed by atoms with E-state index in [1.807, 2.05) is 0 Å². The van der Waals surface area contributed by atoms with E-state index in [0.717, 1.165) is 5.56 Å². The van der Waals surface area contributed by atoms with Crippen molar-refractivity contribution >= 4 is 5.82 Å². The molecule has 0 fully saturated rings. The minimum absolute atomic E-state index is 0.160. The zero-order valence-electron chi connectivity index (χ0n) is 11.0. The minimum atomic E-state index is -0.472. The van der Waals surface area contributed by atoms with Crippen molar-refractivity contribution in [3.8, 4) is 22.6 Å². The lowest BCUT2D eigenvalue weighted by atomic mass is 10.0. The number of aromatic nitrogens is 2. The molecule has 0 bridgehead atoms. The van der Waals surface area contributed by atoms with Gasteiger partial charge in [-0.3, -0.25) is 0 Å². The van der Waals surface area contributed by atoms with Gasteiger partial charge in [0.25, 0.3) is 0 Å². The van der Waals surface area contributed by atoms with Crippen LogP contribution < -0.4 is 20.9 Å². The number of rotatable bonds is 3. The Morgan fingerprint density at radius 3 is 2.58 bits per heavy atom. The van der Waals surface area contributed by atoms with E-state index >= 15 is 0 Å². The predicted octanol–water partition coefficient (Wildman–Crippen LogP) is 1.34. The molecule has 6 nitrogen and oxygen atoms in total. The van der Waals surface area contributed by atoms with Crippen molar-refractivity contribution in [2.75, 3.05) is 20.0 Å². The molecule has 1 aromatic carbocycles. The Bertz CT molecular complexity index is 638. The molecule has 19 heavy (non-hydrogen) atoms. The third-order valence-electron chi connectivity index (χ3n) is 2.82. The van der Waals surface area contributed by atoms with E-state index in [9.17, 15) is 4.79 Å². The Labute approximate surface area is 110 Å². The summed E-state index contributed by atoms with van der Waals surface area (Å²) in [5.74, 6) is 1.46. The Kier molecular flexibility index (Phi) is 3.41. The molecule has 1 heterocycles. The Morgan fingerprint density at radius 1 is 1.26 bits per heavy atom. The molecule has 0 atom stereocenters. The topological polar surface area (TPSA) is 90.2 Å². The van der Waals surface area contributed by atoms with E-state index in [2.05, 4.69) is 9.97 Å². The molecule has 0 saturated heterocycles. The summed E-state index contributed by atoms with van der Waals surface area (Å²) in [4.78, 5) is 17.6. The van der Waals surface area contributed by atoms with Crippen LogP contribution in [0.1, 0.15) is 5.69 Å². The van der Waals surface area contributed by atoms with E-state index in [4.69, 9.17) is 15.2 Å². The number of H-pyrrole nitrogens is 1. The lowest BCUT2D eigenvalue weighted by molar-refractivity contribution is 0.404. The number of ether oxygens (including phenoxy) is 2. The van der Waals surface area contributed by atoms with Crippen molar-refractivity contribution in [3.63, 3.8) is 0 Å². The van der Waals surface area contributed by atoms with Gasteiger partial charge in [-0.25, -0.2) is 4.79 Å². The van der Waals surface area contributed by atoms with Crippen LogP contribution in [-0.4, -0.2) is 24.2 Å². The van der Waals surface area contributed by atoms with E-state index < -0.39 is 5.69 Å². The molecule has 0 radical (unpaired) electrons. The number of methoxy groups -OCH3 is 2. The lowest BCUT2D eigenvalue weighted by Crippen LogP contribution is -2.15. The maximum absolute atomic E-state index is 11.3. The molecule has 0 aliphatic heterocycles. The molecule has 6 heteroatoms. The SMILES string of the molecule is COc1ccc(OC)c(-c2c(N)nc(=O)[nH]c2C)c1. The maximum Gasteiger partial charge on any atom is 0.347 e. The third kappa shape index (κ3) is 2.37. The number of nitrogen functional groups attached to an aromatic ring is 1. The molecule has 1 aromatic heterocycles. The molecular formula is C13H15N3O3. The quantitative estimate of drug-likeness (QED) is 0.870. The summed E-state index contributed by atoms with van der Waals surface area (Å²) < 4.78 is 10.5. The summed E-state index contributed by atoms with van der Waals surface area (Å²) in [7, 11) is 3.14. The van der Waals surface area contributed by atoms with Crippen molar-refractivity contribution in [2.45, 2.75) is 6.92 Å². The summed E-state index contributed by atoms with van der Waals surface area (Å²) in [6, 6.07) is 5.35. The largest absolute Gasteiger partial charge is 0.497 e. The third-order valence-corrected chi connectivity index (χ3v) is 2.82. The second-order valence-corrected chi connectivity index (χ2v) is 3.99. The van der Waals surface area contributed by atoms with Gasteiger partial charge in [0.15, 0.2) is 0 Å². The molecule has 3 N–H and O–H groups in total. The van der Waals surface area contributed by atoms with Gasteiger partial charge in [-0.1, -0.05) is 0 Å². The summed E-state index contributed by atoms with van der Waals surface area (Å²) in [6.45, 7) is 1.76. The van der Waals surface area contributed by atoms with E-state index in [0.29, 0.717) is 22.8 Å². The Hall–Kier alpha value is -2.50. The molecule has 0 spiro atoms. The van der Waals surface area contributed by atoms with Crippen molar-refractivity contribution in [2.24, 2.45) is 0 Å². The molecule has 0 unspecified atom stereocenters. The molecule has 0 saturated carbocycles. The second kappa shape index (κ2) is 5.01. The van der Waals surface area contributed by atoms with Crippen LogP contribution in [0, 0.1) is 6.92 Å².